The highest BCUT2D eigenvalue weighted by atomic mass is 16.5. The van der Waals surface area contributed by atoms with Gasteiger partial charge in [-0.2, -0.15) is 0 Å². The van der Waals surface area contributed by atoms with Crippen molar-refractivity contribution >= 4 is 43.6 Å². The summed E-state index contributed by atoms with van der Waals surface area (Å²) in [6, 6.07) is 92.4. The number of benzene rings is 11. The summed E-state index contributed by atoms with van der Waals surface area (Å²) in [5, 5.41) is 4.86. The lowest BCUT2D eigenvalue weighted by molar-refractivity contribution is 0.487. The molecule has 0 atom stereocenters. The van der Waals surface area contributed by atoms with Gasteiger partial charge in [-0.3, -0.25) is 0 Å². The molecule has 0 amide bonds. The predicted molar refractivity (Wildman–Crippen MR) is 288 cm³/mol. The average molecular weight is 879 g/mol. The monoisotopic (exact) mass is 878 g/mol. The van der Waals surface area contributed by atoms with Gasteiger partial charge in [-0.25, -0.2) is 0 Å². The van der Waals surface area contributed by atoms with E-state index in [1.165, 1.54) is 66.1 Å². The van der Waals surface area contributed by atoms with Crippen LogP contribution in [0.2, 0.25) is 0 Å². The number of fused-ring (bicyclic) bond motifs is 11. The third-order valence-corrected chi connectivity index (χ3v) is 14.1. The van der Waals surface area contributed by atoms with E-state index in [1.807, 2.05) is 0 Å². The van der Waals surface area contributed by atoms with Crippen LogP contribution in [0.4, 0.5) is 0 Å². The molecule has 1 aliphatic rings. The molecule has 3 heteroatoms. The van der Waals surface area contributed by atoms with E-state index in [-0.39, 0.29) is 0 Å². The maximum absolute atomic E-state index is 7.02. The molecule has 322 valence electrons. The largest absolute Gasteiger partial charge is 0.456 e. The van der Waals surface area contributed by atoms with E-state index in [0.717, 1.165) is 67.2 Å². The highest BCUT2D eigenvalue weighted by Crippen LogP contribution is 2.49. The molecule has 0 radical (unpaired) electrons. The number of hydrogen-bond acceptors (Lipinski definition) is 1. The van der Waals surface area contributed by atoms with Gasteiger partial charge in [0.2, 0.25) is 0 Å². The van der Waals surface area contributed by atoms with E-state index in [0.29, 0.717) is 0 Å². The summed E-state index contributed by atoms with van der Waals surface area (Å²) < 4.78 is 11.9. The first-order valence-corrected chi connectivity index (χ1v) is 23.6. The second kappa shape index (κ2) is 15.7. The Morgan fingerprint density at radius 2 is 0.507 bits per heavy atom. The van der Waals surface area contributed by atoms with Crippen molar-refractivity contribution in [3.05, 3.63) is 255 Å². The Bertz CT molecular complexity index is 3670. The van der Waals surface area contributed by atoms with E-state index < -0.39 is 0 Å². The van der Waals surface area contributed by atoms with Crippen LogP contribution in [-0.4, -0.2) is 9.13 Å². The molecule has 13 aromatic rings. The Morgan fingerprint density at radius 1 is 0.217 bits per heavy atom. The standard InChI is InChI=1S/C66H42N2O/c1-5-15-43(16-6-1)47-25-31-61-55(37-47)56-38-48(44-17-7-2-8-18-44)26-32-62(56)67(61)51-29-35-65-59(41-51)53-23-13-14-24-54(53)60-42-52(30-36-66(60)69-65)68-63-33-27-49(45-19-9-3-10-20-45)39-57(63)58-40-50(28-34-64(58)68)46-21-11-4-12-22-46/h1-42H. The third kappa shape index (κ3) is 6.43. The fourth-order valence-corrected chi connectivity index (χ4v) is 10.8. The lowest BCUT2D eigenvalue weighted by atomic mass is 9.94. The molecule has 69 heavy (non-hydrogen) atoms. The minimum absolute atomic E-state index is 0.829. The Morgan fingerprint density at radius 3 is 0.812 bits per heavy atom. The second-order valence-electron chi connectivity index (χ2n) is 18.1. The van der Waals surface area contributed by atoms with Crippen LogP contribution < -0.4 is 4.74 Å². The minimum atomic E-state index is 0.829. The Kier molecular flexibility index (Phi) is 8.90. The minimum Gasteiger partial charge on any atom is -0.456 e. The molecule has 3 nitrogen and oxygen atoms in total. The van der Waals surface area contributed by atoms with Gasteiger partial charge in [-0.1, -0.05) is 170 Å². The van der Waals surface area contributed by atoms with Crippen LogP contribution in [0.25, 0.3) is 122 Å². The fraction of sp³-hybridized carbons (Fsp3) is 0. The lowest BCUT2D eigenvalue weighted by Crippen LogP contribution is -1.96. The molecule has 0 N–H and O–H groups in total. The molecule has 0 fully saturated rings. The molecule has 11 aromatic carbocycles. The first-order chi connectivity index (χ1) is 34.2. The lowest BCUT2D eigenvalue weighted by Gasteiger charge is -2.14. The summed E-state index contributed by atoms with van der Waals surface area (Å²) in [5.74, 6) is 1.66. The van der Waals surface area contributed by atoms with Crippen molar-refractivity contribution in [3.63, 3.8) is 0 Å². The molecule has 0 bridgehead atoms. The molecule has 0 spiro atoms. The van der Waals surface area contributed by atoms with Crippen LogP contribution in [-0.2, 0) is 0 Å². The van der Waals surface area contributed by atoms with Crippen molar-refractivity contribution in [2.24, 2.45) is 0 Å². The maximum Gasteiger partial charge on any atom is 0.135 e. The number of ether oxygens (including phenoxy) is 1. The number of rotatable bonds is 6. The molecule has 14 rings (SSSR count). The van der Waals surface area contributed by atoms with Crippen LogP contribution in [0.1, 0.15) is 0 Å². The van der Waals surface area contributed by atoms with Gasteiger partial charge in [0.25, 0.3) is 0 Å². The first-order valence-electron chi connectivity index (χ1n) is 23.6. The van der Waals surface area contributed by atoms with Gasteiger partial charge in [0.15, 0.2) is 0 Å². The highest BCUT2D eigenvalue weighted by Gasteiger charge is 2.24. The number of aromatic nitrogens is 2. The molecule has 3 heterocycles. The molecule has 0 saturated heterocycles. The van der Waals surface area contributed by atoms with Crippen molar-refractivity contribution in [1.29, 1.82) is 0 Å². The quantitative estimate of drug-likeness (QED) is 0.163. The van der Waals surface area contributed by atoms with Crippen molar-refractivity contribution in [1.82, 2.24) is 9.13 Å². The van der Waals surface area contributed by atoms with Gasteiger partial charge in [0, 0.05) is 44.0 Å². The summed E-state index contributed by atoms with van der Waals surface area (Å²) in [4.78, 5) is 0. The highest BCUT2D eigenvalue weighted by molar-refractivity contribution is 6.13. The maximum atomic E-state index is 7.02. The van der Waals surface area contributed by atoms with Crippen LogP contribution in [0, 0.1) is 0 Å². The van der Waals surface area contributed by atoms with Crippen LogP contribution >= 0.6 is 0 Å². The molecule has 1 aliphatic heterocycles. The topological polar surface area (TPSA) is 19.1 Å². The summed E-state index contributed by atoms with van der Waals surface area (Å²) in [6.07, 6.45) is 0. The van der Waals surface area contributed by atoms with E-state index in [1.54, 1.807) is 0 Å². The van der Waals surface area contributed by atoms with Crippen molar-refractivity contribution in [2.75, 3.05) is 0 Å². The zero-order valence-electron chi connectivity index (χ0n) is 37.6. The van der Waals surface area contributed by atoms with Crippen LogP contribution in [0.15, 0.2) is 255 Å². The number of nitrogens with zero attached hydrogens (tertiary/aromatic N) is 2. The predicted octanol–water partition coefficient (Wildman–Crippen LogP) is 18.0. The summed E-state index contributed by atoms with van der Waals surface area (Å²) in [5.41, 5.74) is 20.7. The average Bonchev–Trinajstić information content (AvgIpc) is 3.88. The molecule has 0 aliphatic carbocycles. The Labute approximate surface area is 400 Å². The Hall–Kier alpha value is -9.18. The first kappa shape index (κ1) is 39.0. The SMILES string of the molecule is c1ccc(-c2ccc3c(c2)c2cc(-c4ccccc4)ccc2n3-c2ccc3c(c2)-c2ccccc2-c2cc(-n4c5ccc(-c6ccccc6)cc5c5cc(-c6ccccc6)ccc54)ccc2O3)cc1. The van der Waals surface area contributed by atoms with E-state index in [4.69, 9.17) is 4.74 Å². The van der Waals surface area contributed by atoms with Crippen molar-refractivity contribution < 1.29 is 4.74 Å². The number of hydrogen-bond donors (Lipinski definition) is 0. The summed E-state index contributed by atoms with van der Waals surface area (Å²) >= 11 is 0. The van der Waals surface area contributed by atoms with Gasteiger partial charge in [-0.15, -0.1) is 0 Å². The van der Waals surface area contributed by atoms with Gasteiger partial charge < -0.3 is 13.9 Å². The fourth-order valence-electron chi connectivity index (χ4n) is 10.8. The smallest absolute Gasteiger partial charge is 0.135 e. The van der Waals surface area contributed by atoms with Gasteiger partial charge >= 0.3 is 0 Å². The Balaban J connectivity index is 0.926. The molecular weight excluding hydrogens is 837 g/mol. The summed E-state index contributed by atoms with van der Waals surface area (Å²) in [7, 11) is 0. The van der Waals surface area contributed by atoms with Gasteiger partial charge in [0.1, 0.15) is 11.5 Å². The van der Waals surface area contributed by atoms with E-state index >= 15 is 0 Å². The van der Waals surface area contributed by atoms with Crippen LogP contribution in [0.3, 0.4) is 0 Å². The van der Waals surface area contributed by atoms with E-state index in [9.17, 15) is 0 Å². The summed E-state index contributed by atoms with van der Waals surface area (Å²) in [6.45, 7) is 0. The molecule has 0 saturated carbocycles. The van der Waals surface area contributed by atoms with Crippen LogP contribution in [0.5, 0.6) is 11.5 Å². The van der Waals surface area contributed by atoms with Crippen molar-refractivity contribution in [2.45, 2.75) is 0 Å². The molecule has 0 unspecified atom stereocenters. The molecular formula is C66H42N2O. The molecule has 2 aromatic heterocycles. The zero-order chi connectivity index (χ0) is 45.4. The van der Waals surface area contributed by atoms with Gasteiger partial charge in [0.05, 0.1) is 22.1 Å². The van der Waals surface area contributed by atoms with Gasteiger partial charge in [-0.05, 0) is 141 Å². The van der Waals surface area contributed by atoms with E-state index in [2.05, 4.69) is 264 Å². The third-order valence-electron chi connectivity index (χ3n) is 14.1. The zero-order valence-corrected chi connectivity index (χ0v) is 37.6. The van der Waals surface area contributed by atoms with Crippen molar-refractivity contribution in [3.8, 4) is 89.6 Å². The second-order valence-corrected chi connectivity index (χ2v) is 18.1. The normalized spacial score (nSPS) is 11.9.